The van der Waals surface area contributed by atoms with Crippen molar-refractivity contribution in [2.24, 2.45) is 12.5 Å². The zero-order valence-electron chi connectivity index (χ0n) is 40.7. The Hall–Kier alpha value is -7.85. The lowest BCUT2D eigenvalue weighted by Crippen LogP contribution is -2.57. The maximum atomic E-state index is 14.1. The van der Waals surface area contributed by atoms with E-state index in [1.54, 1.807) is 65.2 Å². The number of ether oxygens (including phenoxy) is 1. The minimum atomic E-state index is -0.998. The van der Waals surface area contributed by atoms with Gasteiger partial charge in [0.05, 0.1) is 57.8 Å². The van der Waals surface area contributed by atoms with Crippen LogP contribution in [0.25, 0.3) is 21.8 Å². The fraction of sp³-hybridized carbons (Fsp3) is 0.367. The van der Waals surface area contributed by atoms with Crippen molar-refractivity contribution in [1.29, 1.82) is 0 Å². The van der Waals surface area contributed by atoms with E-state index in [-0.39, 0.29) is 55.5 Å². The van der Waals surface area contributed by atoms with Crippen LogP contribution in [0.2, 0.25) is 0 Å². The maximum absolute atomic E-state index is 14.1. The number of carbonyl (C=O) groups is 5. The third-order valence-corrected chi connectivity index (χ3v) is 12.8. The highest BCUT2D eigenvalue weighted by Gasteiger charge is 2.44. The number of carbonyl (C=O) groups excluding carboxylic acids is 5. The number of benzene rings is 2. The Kier molecular flexibility index (Phi) is 16.0. The van der Waals surface area contributed by atoms with E-state index < -0.39 is 53.1 Å². The summed E-state index contributed by atoms with van der Waals surface area (Å²) in [5.74, 6) is -0.693. The van der Waals surface area contributed by atoms with Crippen LogP contribution in [0.15, 0.2) is 78.7 Å². The molecule has 2 aromatic carbocycles. The van der Waals surface area contributed by atoms with Gasteiger partial charge >= 0.3 is 0 Å². The van der Waals surface area contributed by atoms with Crippen LogP contribution >= 0.6 is 11.3 Å². The van der Waals surface area contributed by atoms with Gasteiger partial charge in [0.15, 0.2) is 23.1 Å². The second-order valence-corrected chi connectivity index (χ2v) is 19.0. The first kappa shape index (κ1) is 51.0. The fourth-order valence-electron chi connectivity index (χ4n) is 8.01. The Labute approximate surface area is 414 Å². The molecule has 22 heteroatoms. The number of hydrogen-bond acceptors (Lipinski definition) is 16. The molecule has 0 radical (unpaired) electrons. The number of anilines is 4. The predicted octanol–water partition coefficient (Wildman–Crippen LogP) is 4.83. The van der Waals surface area contributed by atoms with Crippen molar-refractivity contribution in [3.8, 4) is 27.6 Å². The lowest BCUT2D eigenvalue weighted by molar-refractivity contribution is -0.144. The summed E-state index contributed by atoms with van der Waals surface area (Å²) in [7, 11) is 4.76. The minimum absolute atomic E-state index is 0.00288. The van der Waals surface area contributed by atoms with Crippen molar-refractivity contribution in [2.45, 2.75) is 78.1 Å². The van der Waals surface area contributed by atoms with Gasteiger partial charge in [0.2, 0.25) is 17.7 Å². The summed E-state index contributed by atoms with van der Waals surface area (Å²) in [6.45, 7) is 9.38. The first-order chi connectivity index (χ1) is 33.9. The minimum Gasteiger partial charge on any atom is -0.494 e. The van der Waals surface area contributed by atoms with E-state index in [4.69, 9.17) is 4.74 Å². The molecule has 7 N–H and O–H groups in total. The van der Waals surface area contributed by atoms with Crippen molar-refractivity contribution >= 4 is 63.9 Å². The molecular formula is C49H58N14O7S. The first-order valence-corrected chi connectivity index (χ1v) is 23.8. The number of likely N-dealkylation sites (tertiary alicyclic amines) is 1. The second-order valence-electron chi connectivity index (χ2n) is 18.1. The zero-order chi connectivity index (χ0) is 51.0. The van der Waals surface area contributed by atoms with E-state index in [1.165, 1.54) is 25.3 Å². The molecule has 4 aromatic heterocycles. The highest BCUT2D eigenvalue weighted by molar-refractivity contribution is 7.13. The monoisotopic (exact) mass is 986 g/mol. The van der Waals surface area contributed by atoms with E-state index in [2.05, 4.69) is 62.1 Å². The largest absolute Gasteiger partial charge is 0.494 e. The quantitative estimate of drug-likeness (QED) is 0.0568. The summed E-state index contributed by atoms with van der Waals surface area (Å²) in [6, 6.07) is 15.7. The van der Waals surface area contributed by atoms with E-state index in [9.17, 15) is 29.1 Å². The van der Waals surface area contributed by atoms with Gasteiger partial charge in [-0.3, -0.25) is 28.7 Å². The molecule has 1 saturated heterocycles. The lowest BCUT2D eigenvalue weighted by atomic mass is 9.85. The number of aliphatic hydroxyl groups excluding tert-OH is 1. The zero-order valence-corrected chi connectivity index (χ0v) is 41.5. The molecule has 7 rings (SSSR count). The number of hydrogen-bond donors (Lipinski definition) is 7. The molecule has 0 spiro atoms. The van der Waals surface area contributed by atoms with Gasteiger partial charge in [0.1, 0.15) is 24.2 Å². The fourth-order valence-corrected chi connectivity index (χ4v) is 8.82. The Balaban J connectivity index is 0.908. The predicted molar refractivity (Wildman–Crippen MR) is 267 cm³/mol. The number of aliphatic hydroxyl groups is 1. The molecule has 71 heavy (non-hydrogen) atoms. The van der Waals surface area contributed by atoms with Gasteiger partial charge in [0.25, 0.3) is 11.8 Å². The first-order valence-electron chi connectivity index (χ1n) is 22.9. The summed E-state index contributed by atoms with van der Waals surface area (Å²) in [6.07, 6.45) is 2.38. The van der Waals surface area contributed by atoms with Gasteiger partial charge in [0, 0.05) is 52.3 Å². The highest BCUT2D eigenvalue weighted by Crippen LogP contribution is 2.37. The van der Waals surface area contributed by atoms with Gasteiger partial charge in [-0.05, 0) is 61.1 Å². The summed E-state index contributed by atoms with van der Waals surface area (Å²) in [5, 5.41) is 40.9. The number of rotatable bonds is 18. The van der Waals surface area contributed by atoms with Crippen LogP contribution in [-0.2, 0) is 21.4 Å². The van der Waals surface area contributed by atoms with Gasteiger partial charge in [-0.25, -0.2) is 15.0 Å². The molecular weight excluding hydrogens is 929 g/mol. The number of para-hydroxylation sites is 1. The molecule has 4 atom stereocenters. The topological polar surface area (TPSA) is 272 Å². The summed E-state index contributed by atoms with van der Waals surface area (Å²) < 4.78 is 7.31. The number of nitrogens with one attached hydrogen (secondary N) is 6. The molecule has 0 bridgehead atoms. The number of thiazole rings is 1. The third kappa shape index (κ3) is 12.3. The number of nitrogens with zero attached hydrogens (tertiary/aromatic N) is 8. The summed E-state index contributed by atoms with van der Waals surface area (Å²) >= 11 is 1.56. The average Bonchev–Trinajstić information content (AvgIpc) is 4.10. The van der Waals surface area contributed by atoms with Crippen molar-refractivity contribution in [1.82, 2.24) is 61.1 Å². The molecule has 21 nitrogen and oxygen atoms in total. The SMILES string of the molecule is CNC(=O)c1nnc(Nc2ccc(C(=O)NCCCC(=O)N[C@H](C(=O)N3C[C@H](O)C[C@H]3C(=O)N[C@@H](C)c3ccc(-c4scnc4C)cc3)C(C)(C)C)cn2)cc1Nc1cccc(-c2ncn(C)n2)c1OC. The van der Waals surface area contributed by atoms with Crippen molar-refractivity contribution in [3.63, 3.8) is 0 Å². The molecule has 6 aromatic rings. The van der Waals surface area contributed by atoms with E-state index in [0.717, 1.165) is 21.7 Å². The second kappa shape index (κ2) is 22.3. The summed E-state index contributed by atoms with van der Waals surface area (Å²) in [5.41, 5.74) is 5.65. The molecule has 5 heterocycles. The molecule has 1 aliphatic heterocycles. The van der Waals surface area contributed by atoms with E-state index >= 15 is 0 Å². The summed E-state index contributed by atoms with van der Waals surface area (Å²) in [4.78, 5) is 82.5. The van der Waals surface area contributed by atoms with Crippen molar-refractivity contribution in [3.05, 3.63) is 101 Å². The molecule has 0 unspecified atom stereocenters. The number of β-amino-alcohol motifs (C(OH)–C–C–N with tert-alkyl or cyclic N) is 1. The van der Waals surface area contributed by atoms with Crippen molar-refractivity contribution < 1.29 is 33.8 Å². The van der Waals surface area contributed by atoms with Crippen LogP contribution in [0, 0.1) is 12.3 Å². The van der Waals surface area contributed by atoms with E-state index in [0.29, 0.717) is 34.3 Å². The third-order valence-electron chi connectivity index (χ3n) is 11.8. The Morgan fingerprint density at radius 1 is 0.930 bits per heavy atom. The number of pyridine rings is 1. The van der Waals surface area contributed by atoms with Crippen LogP contribution in [0.3, 0.4) is 0 Å². The molecule has 5 amide bonds. The standard InChI is InChI=1S/C49H58N14O7S/c1-27(29-14-16-30(17-15-29)42-28(2)54-26-71-42)55-46(67)36-21-32(64)24-63(36)48(69)43(49(3,4)5)58-39(65)13-10-20-51-45(66)31-18-19-37(52-23-31)57-38-22-35(40(60-59-38)47(68)50-6)56-34-12-9-11-33(41(34)70-8)44-53-25-62(7)61-44/h9,11-12,14-19,22-23,25-27,32,36,43,64H,10,13,20-21,24H2,1-8H3,(H,50,68)(H,51,66)(H,55,67)(H,58,65)(H2,52,56,57,59)/t27-,32+,36-,43+/m0/s1. The Bertz CT molecular complexity index is 2880. The van der Waals surface area contributed by atoms with Crippen LogP contribution in [0.5, 0.6) is 5.75 Å². The maximum Gasteiger partial charge on any atom is 0.273 e. The molecule has 372 valence electrons. The van der Waals surface area contributed by atoms with Crippen LogP contribution < -0.4 is 36.6 Å². The smallest absolute Gasteiger partial charge is 0.273 e. The number of aryl methyl sites for hydroxylation is 2. The van der Waals surface area contributed by atoms with E-state index in [1.807, 2.05) is 65.0 Å². The normalized spacial score (nSPS) is 15.3. The number of methoxy groups -OCH3 is 1. The van der Waals surface area contributed by atoms with Gasteiger partial charge in [-0.15, -0.1) is 21.5 Å². The van der Waals surface area contributed by atoms with Crippen LogP contribution in [0.4, 0.5) is 23.0 Å². The molecule has 1 fully saturated rings. The van der Waals surface area contributed by atoms with Gasteiger partial charge < -0.3 is 46.6 Å². The molecule has 1 aliphatic rings. The Morgan fingerprint density at radius 2 is 1.70 bits per heavy atom. The molecule has 0 aliphatic carbocycles. The average molecular weight is 987 g/mol. The number of aromatic nitrogens is 7. The number of amides is 5. The van der Waals surface area contributed by atoms with Gasteiger partial charge in [-0.1, -0.05) is 51.1 Å². The van der Waals surface area contributed by atoms with Crippen LogP contribution in [-0.4, -0.2) is 120 Å². The Morgan fingerprint density at radius 3 is 2.35 bits per heavy atom. The van der Waals surface area contributed by atoms with Crippen LogP contribution in [0.1, 0.15) is 85.1 Å². The van der Waals surface area contributed by atoms with Crippen molar-refractivity contribution in [2.75, 3.05) is 37.9 Å². The molecule has 0 saturated carbocycles. The highest BCUT2D eigenvalue weighted by atomic mass is 32.1. The van der Waals surface area contributed by atoms with Gasteiger partial charge in [-0.2, -0.15) is 5.10 Å². The lowest BCUT2D eigenvalue weighted by Gasteiger charge is -2.35.